The molecule has 0 radical (unpaired) electrons. The molecule has 0 aliphatic rings. The zero-order chi connectivity index (χ0) is 11.1. The minimum Gasteiger partial charge on any atom is -0.279 e. The first-order valence-corrected chi connectivity index (χ1v) is 8.18. The zero-order valence-corrected chi connectivity index (χ0v) is 9.80. The lowest BCUT2D eigenvalue weighted by atomic mass is 11.6. The van der Waals surface area contributed by atoms with Gasteiger partial charge in [-0.15, -0.1) is 0 Å². The van der Waals surface area contributed by atoms with Crippen LogP contribution in [0.25, 0.3) is 0 Å². The van der Waals surface area contributed by atoms with Crippen molar-refractivity contribution < 1.29 is 26.1 Å². The maximum absolute atomic E-state index is 10.7. The Labute approximate surface area is 85.8 Å². The monoisotopic (exact) mass is 276 g/mol. The summed E-state index contributed by atoms with van der Waals surface area (Å²) in [5.41, 5.74) is -5.53. The highest BCUT2D eigenvalue weighted by molar-refractivity contribution is 9.09. The van der Waals surface area contributed by atoms with Crippen molar-refractivity contribution in [2.45, 2.75) is 5.51 Å². The van der Waals surface area contributed by atoms with Crippen LogP contribution in [0.2, 0.25) is 0 Å². The van der Waals surface area contributed by atoms with Gasteiger partial charge in [0.1, 0.15) is 0 Å². The van der Waals surface area contributed by atoms with Crippen LogP contribution in [0.4, 0.5) is 13.2 Å². The van der Waals surface area contributed by atoms with E-state index in [1.54, 1.807) is 31.4 Å². The normalized spacial score (nSPS) is 11.8. The van der Waals surface area contributed by atoms with Gasteiger partial charge in [-0.1, -0.05) is 21.6 Å². The third kappa shape index (κ3) is 10.7. The Bertz CT molecular complexity index is 208. The van der Waals surface area contributed by atoms with Gasteiger partial charge < -0.3 is 0 Å². The topological polar surface area (TPSA) is 54.4 Å². The van der Waals surface area contributed by atoms with Crippen LogP contribution < -0.4 is 0 Å². The number of hydrogen-bond acceptors (Lipinski definition) is 5. The van der Waals surface area contributed by atoms with Crippen molar-refractivity contribution in [3.8, 4) is 0 Å². The first kappa shape index (κ1) is 16.2. The van der Waals surface area contributed by atoms with Crippen LogP contribution in [0.1, 0.15) is 0 Å². The van der Waals surface area contributed by atoms with Gasteiger partial charge in [0.25, 0.3) is 0 Å². The number of hydrogen-bond donors (Lipinski definition) is 1. The molecule has 0 aromatic carbocycles. The van der Waals surface area contributed by atoms with Gasteiger partial charge in [-0.2, -0.15) is 21.6 Å². The second-order valence-electron chi connectivity index (χ2n) is 1.32. The van der Waals surface area contributed by atoms with Crippen LogP contribution in [0.3, 0.4) is 0 Å². The SMILES string of the molecule is CSSSC.O=S(=O)(O)C(F)(F)F. The van der Waals surface area contributed by atoms with E-state index < -0.39 is 15.6 Å². The molecule has 0 aliphatic carbocycles. The summed E-state index contributed by atoms with van der Waals surface area (Å²) in [4.78, 5) is 0. The van der Waals surface area contributed by atoms with E-state index in [1.807, 2.05) is 0 Å². The largest absolute Gasteiger partial charge is 0.522 e. The van der Waals surface area contributed by atoms with Crippen LogP contribution in [0.15, 0.2) is 0 Å². The van der Waals surface area contributed by atoms with Gasteiger partial charge in [-0.3, -0.25) is 4.55 Å². The van der Waals surface area contributed by atoms with Crippen LogP contribution in [-0.4, -0.2) is 31.0 Å². The standard InChI is InChI=1S/C2H6S3.CHF3O3S/c1-3-5-4-2;2-1(3,4)8(5,6)7/h1-2H3;(H,5,6,7). The predicted octanol–water partition coefficient (Wildman–Crippen LogP) is 2.67. The van der Waals surface area contributed by atoms with Gasteiger partial charge in [0.2, 0.25) is 0 Å². The van der Waals surface area contributed by atoms with E-state index in [4.69, 9.17) is 13.0 Å². The summed E-state index contributed by atoms with van der Waals surface area (Å²) in [6.45, 7) is 0. The smallest absolute Gasteiger partial charge is 0.279 e. The molecule has 0 aromatic heterocycles. The Morgan fingerprint density at radius 1 is 1.15 bits per heavy atom. The molecule has 0 fully saturated rings. The van der Waals surface area contributed by atoms with Gasteiger partial charge in [0.15, 0.2) is 0 Å². The van der Waals surface area contributed by atoms with Crippen LogP contribution in [0.5, 0.6) is 0 Å². The Balaban J connectivity index is 0. The molecule has 0 aliphatic heterocycles. The minimum absolute atomic E-state index is 1.78. The lowest BCUT2D eigenvalue weighted by molar-refractivity contribution is -0.0510. The molecule has 0 bridgehead atoms. The fraction of sp³-hybridized carbons (Fsp3) is 1.00. The molecule has 82 valence electrons. The second kappa shape index (κ2) is 7.10. The van der Waals surface area contributed by atoms with E-state index in [2.05, 4.69) is 12.5 Å². The van der Waals surface area contributed by atoms with Gasteiger partial charge in [0.05, 0.1) is 0 Å². The Kier molecular flexibility index (Phi) is 8.84. The van der Waals surface area contributed by atoms with Crippen molar-refractivity contribution in [3.05, 3.63) is 0 Å². The third-order valence-electron chi connectivity index (χ3n) is 0.429. The molecule has 3 nitrogen and oxygen atoms in total. The van der Waals surface area contributed by atoms with E-state index in [0.717, 1.165) is 0 Å². The van der Waals surface area contributed by atoms with Crippen molar-refractivity contribution in [2.24, 2.45) is 0 Å². The highest BCUT2D eigenvalue weighted by atomic mass is 33.5. The minimum atomic E-state index is -5.84. The molecule has 0 aromatic rings. The molecule has 1 N–H and O–H groups in total. The average molecular weight is 276 g/mol. The number of halogens is 3. The number of rotatable bonds is 2. The van der Waals surface area contributed by atoms with Crippen LogP contribution >= 0.6 is 31.4 Å². The molecule has 0 unspecified atom stereocenters. The molecule has 0 rings (SSSR count). The Hall–Kier alpha value is 0.750. The molecular weight excluding hydrogens is 269 g/mol. The summed E-state index contributed by atoms with van der Waals surface area (Å²) in [5, 5.41) is 0. The van der Waals surface area contributed by atoms with E-state index in [0.29, 0.717) is 0 Å². The predicted molar refractivity (Wildman–Crippen MR) is 52.2 cm³/mol. The molecule has 0 saturated heterocycles. The maximum atomic E-state index is 10.7. The van der Waals surface area contributed by atoms with Crippen LogP contribution in [-0.2, 0) is 10.1 Å². The second-order valence-corrected chi connectivity index (χ2v) is 7.17. The number of alkyl halides is 3. The molecular formula is C3H7F3O3S4. The zero-order valence-electron chi connectivity index (χ0n) is 6.53. The van der Waals surface area contributed by atoms with E-state index in [-0.39, 0.29) is 0 Å². The Morgan fingerprint density at radius 3 is 1.38 bits per heavy atom. The molecule has 0 saturated carbocycles. The van der Waals surface area contributed by atoms with Gasteiger partial charge in [-0.25, -0.2) is 0 Å². The van der Waals surface area contributed by atoms with Crippen molar-refractivity contribution in [1.29, 1.82) is 0 Å². The van der Waals surface area contributed by atoms with Gasteiger partial charge in [-0.05, 0) is 22.3 Å². The molecule has 10 heteroatoms. The van der Waals surface area contributed by atoms with Gasteiger partial charge in [0, 0.05) is 0 Å². The van der Waals surface area contributed by atoms with Crippen molar-refractivity contribution in [3.63, 3.8) is 0 Å². The molecule has 0 spiro atoms. The lowest BCUT2D eigenvalue weighted by Crippen LogP contribution is -2.21. The summed E-state index contributed by atoms with van der Waals surface area (Å²) in [6, 6.07) is 0. The first-order chi connectivity index (χ1) is 5.66. The van der Waals surface area contributed by atoms with Crippen molar-refractivity contribution >= 4 is 41.5 Å². The highest BCUT2D eigenvalue weighted by Gasteiger charge is 2.44. The highest BCUT2D eigenvalue weighted by Crippen LogP contribution is 2.28. The van der Waals surface area contributed by atoms with E-state index in [9.17, 15) is 13.2 Å². The van der Waals surface area contributed by atoms with Crippen LogP contribution in [0, 0.1) is 0 Å². The fourth-order valence-corrected chi connectivity index (χ4v) is 1.84. The lowest BCUT2D eigenvalue weighted by Gasteiger charge is -1.97. The van der Waals surface area contributed by atoms with E-state index in [1.165, 1.54) is 0 Å². The maximum Gasteiger partial charge on any atom is 0.522 e. The quantitative estimate of drug-likeness (QED) is 0.475. The molecule has 0 atom stereocenters. The summed E-state index contributed by atoms with van der Waals surface area (Å²) < 4.78 is 57.5. The third-order valence-corrected chi connectivity index (χ3v) is 4.55. The Morgan fingerprint density at radius 2 is 1.38 bits per heavy atom. The van der Waals surface area contributed by atoms with Crippen molar-refractivity contribution in [1.82, 2.24) is 0 Å². The first-order valence-electron chi connectivity index (χ1n) is 2.44. The molecule has 0 amide bonds. The summed E-state index contributed by atoms with van der Waals surface area (Å²) >= 11 is 0. The van der Waals surface area contributed by atoms with Crippen molar-refractivity contribution in [2.75, 3.05) is 12.5 Å². The summed E-state index contributed by atoms with van der Waals surface area (Å²) in [7, 11) is -0.481. The average Bonchev–Trinajstić information content (AvgIpc) is 1.85. The molecule has 13 heavy (non-hydrogen) atoms. The summed E-state index contributed by atoms with van der Waals surface area (Å²) in [5.74, 6) is 0. The fourth-order valence-electron chi connectivity index (χ4n) is 0.0680. The molecule has 0 heterocycles. The van der Waals surface area contributed by atoms with Gasteiger partial charge >= 0.3 is 15.6 Å². The van der Waals surface area contributed by atoms with E-state index >= 15 is 0 Å². The summed E-state index contributed by atoms with van der Waals surface area (Å²) in [6.07, 6.45) is 4.14.